The molecule has 1 aliphatic carbocycles. The van der Waals surface area contributed by atoms with E-state index < -0.39 is 0 Å². The summed E-state index contributed by atoms with van der Waals surface area (Å²) in [5.74, 6) is 0.298. The molecular weight excluding hydrogens is 340 g/mol. The minimum absolute atomic E-state index is 0.0928. The average molecular weight is 361 g/mol. The fourth-order valence-electron chi connectivity index (χ4n) is 3.19. The van der Waals surface area contributed by atoms with Crippen LogP contribution in [-0.2, 0) is 4.79 Å². The number of amides is 1. The van der Waals surface area contributed by atoms with Gasteiger partial charge in [0.05, 0.1) is 16.8 Å². The lowest BCUT2D eigenvalue weighted by Gasteiger charge is -2.23. The van der Waals surface area contributed by atoms with E-state index in [1.807, 2.05) is 19.9 Å². The fraction of sp³-hybridized carbons (Fsp3) is 0.529. The Morgan fingerprint density at radius 2 is 2.17 bits per heavy atom. The first-order valence-electron chi connectivity index (χ1n) is 8.12. The molecule has 1 aromatic heterocycles. The molecule has 1 unspecified atom stereocenters. The standard InChI is InChI=1S/C17H20N4OS2/c1-10-7-11(2)20-17(19-10)23-9-15(22)21-16-13(8-18)12-5-3-4-6-14(12)24-16/h7,12-13H,3-6,9H2,1-2H3,(H,21,22)/t12?,13-/m1/s1. The smallest absolute Gasteiger partial charge is 0.235 e. The van der Waals surface area contributed by atoms with E-state index in [4.69, 9.17) is 0 Å². The second-order valence-electron chi connectivity index (χ2n) is 6.16. The Bertz CT molecular complexity index is 757. The third-order valence-electron chi connectivity index (χ3n) is 4.22. The van der Waals surface area contributed by atoms with Crippen LogP contribution in [0.15, 0.2) is 11.2 Å². The van der Waals surface area contributed by atoms with Gasteiger partial charge >= 0.3 is 0 Å². The van der Waals surface area contributed by atoms with Crippen molar-refractivity contribution in [3.05, 3.63) is 17.5 Å². The van der Waals surface area contributed by atoms with Crippen LogP contribution in [0.4, 0.5) is 0 Å². The van der Waals surface area contributed by atoms with Gasteiger partial charge in [-0.15, -0.1) is 10.9 Å². The minimum Gasteiger partial charge on any atom is -0.319 e. The highest BCUT2D eigenvalue weighted by Gasteiger charge is 2.35. The van der Waals surface area contributed by atoms with Gasteiger partial charge in [0.25, 0.3) is 0 Å². The Labute approximate surface area is 149 Å². The highest BCUT2D eigenvalue weighted by Crippen LogP contribution is 2.33. The molecular formula is C17H20N4OS2. The van der Waals surface area contributed by atoms with E-state index in [2.05, 4.69) is 21.4 Å². The van der Waals surface area contributed by atoms with Crippen molar-refractivity contribution in [2.24, 2.45) is 11.8 Å². The molecule has 0 spiro atoms. The first kappa shape index (κ1) is 17.2. The number of rotatable bonds is 3. The average Bonchev–Trinajstić information content (AvgIpc) is 2.89. The van der Waals surface area contributed by atoms with Crippen LogP contribution in [0.2, 0.25) is 0 Å². The molecule has 126 valence electrons. The van der Waals surface area contributed by atoms with Gasteiger partial charge in [0.1, 0.15) is 5.92 Å². The summed E-state index contributed by atoms with van der Waals surface area (Å²) in [6.07, 6.45) is 4.50. The number of hydrogen-bond donors (Lipinski definition) is 1. The van der Waals surface area contributed by atoms with Crippen molar-refractivity contribution in [3.63, 3.8) is 0 Å². The second-order valence-corrected chi connectivity index (χ2v) is 8.27. The van der Waals surface area contributed by atoms with Gasteiger partial charge in [-0.3, -0.25) is 4.79 Å². The predicted molar refractivity (Wildman–Crippen MR) is 99.0 cm³/mol. The molecule has 2 aliphatic rings. The number of thioether (sulfide) groups is 1. The van der Waals surface area contributed by atoms with Crippen molar-refractivity contribution in [1.82, 2.24) is 15.3 Å². The Hall–Kier alpha value is -1.65. The Morgan fingerprint density at radius 1 is 1.42 bits per heavy atom. The number of nitrogens with one attached hydrogen (secondary N) is 1. The van der Waals surface area contributed by atoms with Crippen molar-refractivity contribution in [3.8, 4) is 6.07 Å². The first-order chi connectivity index (χ1) is 11.6. The van der Waals surface area contributed by atoms with Gasteiger partial charge in [0, 0.05) is 17.3 Å². The molecule has 2 atom stereocenters. The molecule has 3 rings (SSSR count). The van der Waals surface area contributed by atoms with Gasteiger partial charge in [0.15, 0.2) is 5.16 Å². The molecule has 0 saturated heterocycles. The van der Waals surface area contributed by atoms with Crippen molar-refractivity contribution < 1.29 is 4.79 Å². The maximum Gasteiger partial charge on any atom is 0.235 e. The van der Waals surface area contributed by atoms with Crippen LogP contribution in [0.1, 0.15) is 37.1 Å². The molecule has 1 amide bonds. The number of carbonyl (C=O) groups is 1. The van der Waals surface area contributed by atoms with Crippen LogP contribution in [0.25, 0.3) is 0 Å². The maximum absolute atomic E-state index is 12.3. The molecule has 1 aliphatic heterocycles. The Kier molecular flexibility index (Phi) is 5.36. The Balaban J connectivity index is 1.62. The van der Waals surface area contributed by atoms with Gasteiger partial charge in [-0.05, 0) is 44.0 Å². The lowest BCUT2D eigenvalue weighted by atomic mass is 9.80. The van der Waals surface area contributed by atoms with Gasteiger partial charge in [-0.1, -0.05) is 18.2 Å². The van der Waals surface area contributed by atoms with Crippen molar-refractivity contribution in [1.29, 1.82) is 5.26 Å². The molecule has 2 heterocycles. The summed E-state index contributed by atoms with van der Waals surface area (Å²) in [5, 5.41) is 13.1. The summed E-state index contributed by atoms with van der Waals surface area (Å²) in [5.41, 5.74) is 1.80. The molecule has 7 heteroatoms. The second kappa shape index (κ2) is 7.49. The van der Waals surface area contributed by atoms with E-state index in [0.717, 1.165) is 29.2 Å². The third kappa shape index (κ3) is 3.87. The SMILES string of the molecule is Cc1cc(C)nc(SCC(=O)NC2=S=C3CCCCC3[C@H]2C#N)n1. The summed E-state index contributed by atoms with van der Waals surface area (Å²) >= 11 is 1.33. The maximum atomic E-state index is 12.3. The van der Waals surface area contributed by atoms with Crippen LogP contribution < -0.4 is 5.32 Å². The number of aryl methyl sites for hydroxylation is 2. The zero-order chi connectivity index (χ0) is 17.1. The summed E-state index contributed by atoms with van der Waals surface area (Å²) in [6, 6.07) is 4.29. The summed E-state index contributed by atoms with van der Waals surface area (Å²) in [4.78, 5) is 23.1. The highest BCUT2D eigenvalue weighted by molar-refractivity contribution is 8.00. The molecule has 1 N–H and O–H groups in total. The number of nitrogens with zero attached hydrogens (tertiary/aromatic N) is 3. The van der Waals surface area contributed by atoms with Crippen LogP contribution in [-0.4, -0.2) is 31.5 Å². The van der Waals surface area contributed by atoms with Gasteiger partial charge in [0.2, 0.25) is 5.91 Å². The molecule has 1 fully saturated rings. The molecule has 0 radical (unpaired) electrons. The van der Waals surface area contributed by atoms with E-state index >= 15 is 0 Å². The normalized spacial score (nSPS) is 22.5. The zero-order valence-corrected chi connectivity index (χ0v) is 15.5. The molecule has 1 saturated carbocycles. The van der Waals surface area contributed by atoms with Crippen LogP contribution in [0.3, 0.4) is 0 Å². The van der Waals surface area contributed by atoms with Crippen molar-refractivity contribution >= 4 is 38.5 Å². The number of nitriles is 1. The van der Waals surface area contributed by atoms with Gasteiger partial charge in [-0.2, -0.15) is 5.26 Å². The van der Waals surface area contributed by atoms with Gasteiger partial charge < -0.3 is 5.32 Å². The fourth-order valence-corrected chi connectivity index (χ4v) is 5.38. The third-order valence-corrected chi connectivity index (χ3v) is 6.42. The van der Waals surface area contributed by atoms with Gasteiger partial charge in [-0.25, -0.2) is 9.97 Å². The zero-order valence-electron chi connectivity index (χ0n) is 13.8. The summed E-state index contributed by atoms with van der Waals surface area (Å²) in [6.45, 7) is 3.83. The largest absolute Gasteiger partial charge is 0.319 e. The van der Waals surface area contributed by atoms with E-state index in [1.165, 1.54) is 29.5 Å². The van der Waals surface area contributed by atoms with E-state index in [-0.39, 0.29) is 17.6 Å². The lowest BCUT2D eigenvalue weighted by molar-refractivity contribution is -0.117. The highest BCUT2D eigenvalue weighted by atomic mass is 32.2. The number of fused-ring (bicyclic) bond motifs is 1. The first-order valence-corrected chi connectivity index (χ1v) is 9.92. The summed E-state index contributed by atoms with van der Waals surface area (Å²) < 4.78 is 0. The van der Waals surface area contributed by atoms with Crippen LogP contribution in [0, 0.1) is 37.0 Å². The monoisotopic (exact) mass is 360 g/mol. The van der Waals surface area contributed by atoms with E-state index in [1.54, 1.807) is 10.9 Å². The molecule has 24 heavy (non-hydrogen) atoms. The van der Waals surface area contributed by atoms with E-state index in [9.17, 15) is 10.1 Å². The van der Waals surface area contributed by atoms with Crippen molar-refractivity contribution in [2.75, 3.05) is 5.75 Å². The van der Waals surface area contributed by atoms with E-state index in [0.29, 0.717) is 11.1 Å². The minimum atomic E-state index is -0.184. The van der Waals surface area contributed by atoms with Crippen LogP contribution in [0.5, 0.6) is 0 Å². The molecule has 5 nitrogen and oxygen atoms in total. The molecule has 0 aromatic carbocycles. The predicted octanol–water partition coefficient (Wildman–Crippen LogP) is 2.68. The summed E-state index contributed by atoms with van der Waals surface area (Å²) in [7, 11) is 1.62. The number of hydrogen-bond acceptors (Lipinski definition) is 5. The molecule has 1 aromatic rings. The van der Waals surface area contributed by atoms with Crippen LogP contribution >= 0.6 is 22.7 Å². The Morgan fingerprint density at radius 3 is 2.88 bits per heavy atom. The quantitative estimate of drug-likeness (QED) is 0.509. The lowest BCUT2D eigenvalue weighted by Crippen LogP contribution is -2.37. The number of aromatic nitrogens is 2. The molecule has 0 bridgehead atoms. The topological polar surface area (TPSA) is 78.7 Å². The van der Waals surface area contributed by atoms with Crippen molar-refractivity contribution in [2.45, 2.75) is 44.7 Å². The number of carbonyl (C=O) groups excluding carboxylic acids is 1.